The van der Waals surface area contributed by atoms with Crippen LogP contribution in [0.5, 0.6) is 0 Å². The number of hydrogen-bond acceptors (Lipinski definition) is 5. The van der Waals surface area contributed by atoms with Crippen LogP contribution in [0.4, 0.5) is 5.69 Å². The first-order valence-electron chi connectivity index (χ1n) is 11.1. The Balaban J connectivity index is 1.48. The summed E-state index contributed by atoms with van der Waals surface area (Å²) in [5.41, 5.74) is 1.65. The molecule has 32 heavy (non-hydrogen) atoms. The van der Waals surface area contributed by atoms with Gasteiger partial charge in [-0.25, -0.2) is 8.42 Å². The fourth-order valence-corrected chi connectivity index (χ4v) is 6.19. The molecule has 2 aromatic carbocycles. The van der Waals surface area contributed by atoms with Crippen LogP contribution < -0.4 is 4.90 Å². The number of carbonyl (C=O) groups excluding carboxylic acids is 1. The second kappa shape index (κ2) is 9.72. The van der Waals surface area contributed by atoms with Crippen LogP contribution in [0.3, 0.4) is 0 Å². The number of nitriles is 1. The summed E-state index contributed by atoms with van der Waals surface area (Å²) in [6.45, 7) is 3.02. The van der Waals surface area contributed by atoms with Crippen LogP contribution in [0.15, 0.2) is 59.5 Å². The molecule has 2 fully saturated rings. The second-order valence-corrected chi connectivity index (χ2v) is 10.2. The Kier molecular flexibility index (Phi) is 6.77. The number of carbonyl (C=O) groups is 1. The van der Waals surface area contributed by atoms with E-state index in [1.165, 1.54) is 4.31 Å². The molecular weight excluding hydrogens is 424 g/mol. The smallest absolute Gasteiger partial charge is 0.243 e. The van der Waals surface area contributed by atoms with Gasteiger partial charge in [0.2, 0.25) is 15.9 Å². The van der Waals surface area contributed by atoms with Gasteiger partial charge >= 0.3 is 0 Å². The molecule has 0 aromatic heterocycles. The number of piperidine rings is 1. The number of anilines is 1. The van der Waals surface area contributed by atoms with Crippen LogP contribution >= 0.6 is 0 Å². The van der Waals surface area contributed by atoms with Crippen molar-refractivity contribution < 1.29 is 13.2 Å². The fraction of sp³-hybridized carbons (Fsp3) is 0.417. The molecule has 2 aromatic rings. The van der Waals surface area contributed by atoms with Crippen molar-refractivity contribution in [1.29, 1.82) is 5.26 Å². The van der Waals surface area contributed by atoms with E-state index in [4.69, 9.17) is 5.26 Å². The topological polar surface area (TPSA) is 84.7 Å². The fourth-order valence-electron chi connectivity index (χ4n) is 4.52. The third-order valence-electron chi connectivity index (χ3n) is 6.26. The summed E-state index contributed by atoms with van der Waals surface area (Å²) >= 11 is 0. The van der Waals surface area contributed by atoms with Gasteiger partial charge in [-0.3, -0.25) is 4.79 Å². The van der Waals surface area contributed by atoms with Crippen molar-refractivity contribution in [1.82, 2.24) is 9.21 Å². The molecule has 0 bridgehead atoms. The zero-order chi connectivity index (χ0) is 22.6. The molecule has 2 saturated heterocycles. The number of amides is 1. The van der Waals surface area contributed by atoms with E-state index in [0.717, 1.165) is 31.5 Å². The van der Waals surface area contributed by atoms with Crippen LogP contribution in [-0.4, -0.2) is 62.3 Å². The SMILES string of the molecule is N#Cc1ccc(N2CCCN(C(=O)C3CCCCN3S(=O)(=O)c3ccccc3)CC2)cc1. The summed E-state index contributed by atoms with van der Waals surface area (Å²) in [4.78, 5) is 17.8. The molecule has 1 atom stereocenters. The first-order valence-corrected chi connectivity index (χ1v) is 12.6. The van der Waals surface area contributed by atoms with Gasteiger partial charge in [-0.05, 0) is 55.7 Å². The number of nitrogens with zero attached hydrogens (tertiary/aromatic N) is 4. The molecule has 2 heterocycles. The molecular formula is C24H28N4O3S. The Morgan fingerprint density at radius 1 is 0.875 bits per heavy atom. The predicted octanol–water partition coefficient (Wildman–Crippen LogP) is 2.84. The molecule has 2 aliphatic rings. The van der Waals surface area contributed by atoms with Crippen molar-refractivity contribution in [2.75, 3.05) is 37.6 Å². The van der Waals surface area contributed by atoms with Crippen molar-refractivity contribution in [2.45, 2.75) is 36.6 Å². The highest BCUT2D eigenvalue weighted by molar-refractivity contribution is 7.89. The third kappa shape index (κ3) is 4.64. The molecule has 168 valence electrons. The summed E-state index contributed by atoms with van der Waals surface area (Å²) in [5, 5.41) is 9.00. The molecule has 1 amide bonds. The van der Waals surface area contributed by atoms with Crippen molar-refractivity contribution >= 4 is 21.6 Å². The molecule has 0 aliphatic carbocycles. The van der Waals surface area contributed by atoms with E-state index in [2.05, 4.69) is 11.0 Å². The molecule has 8 heteroatoms. The first-order chi connectivity index (χ1) is 15.5. The predicted molar refractivity (Wildman–Crippen MR) is 123 cm³/mol. The van der Waals surface area contributed by atoms with Crippen molar-refractivity contribution in [3.8, 4) is 6.07 Å². The lowest BCUT2D eigenvalue weighted by molar-refractivity contribution is -0.136. The zero-order valence-electron chi connectivity index (χ0n) is 18.1. The van der Waals surface area contributed by atoms with E-state index >= 15 is 0 Å². The lowest BCUT2D eigenvalue weighted by atomic mass is 10.0. The van der Waals surface area contributed by atoms with E-state index < -0.39 is 16.1 Å². The molecule has 0 radical (unpaired) electrons. The molecule has 0 saturated carbocycles. The first kappa shape index (κ1) is 22.3. The van der Waals surface area contributed by atoms with Crippen molar-refractivity contribution in [3.63, 3.8) is 0 Å². The summed E-state index contributed by atoms with van der Waals surface area (Å²) in [6, 6.07) is 17.3. The van der Waals surface area contributed by atoms with Gasteiger partial charge in [0, 0.05) is 38.4 Å². The van der Waals surface area contributed by atoms with E-state index in [9.17, 15) is 13.2 Å². The van der Waals surface area contributed by atoms with E-state index in [-0.39, 0.29) is 10.8 Å². The van der Waals surface area contributed by atoms with Crippen LogP contribution in [0, 0.1) is 11.3 Å². The highest BCUT2D eigenvalue weighted by Gasteiger charge is 2.39. The minimum atomic E-state index is -3.72. The lowest BCUT2D eigenvalue weighted by Crippen LogP contribution is -2.53. The Labute approximate surface area is 189 Å². The highest BCUT2D eigenvalue weighted by Crippen LogP contribution is 2.27. The third-order valence-corrected chi connectivity index (χ3v) is 8.18. The Morgan fingerprint density at radius 2 is 1.62 bits per heavy atom. The molecule has 7 nitrogen and oxygen atoms in total. The van der Waals surface area contributed by atoms with E-state index in [0.29, 0.717) is 38.2 Å². The maximum atomic E-state index is 13.5. The maximum absolute atomic E-state index is 13.5. The number of benzene rings is 2. The second-order valence-electron chi connectivity index (χ2n) is 8.26. The summed E-state index contributed by atoms with van der Waals surface area (Å²) < 4.78 is 27.9. The molecule has 1 unspecified atom stereocenters. The van der Waals surface area contributed by atoms with Gasteiger partial charge in [-0.2, -0.15) is 9.57 Å². The zero-order valence-corrected chi connectivity index (χ0v) is 18.9. The molecule has 4 rings (SSSR count). The quantitative estimate of drug-likeness (QED) is 0.712. The average molecular weight is 453 g/mol. The average Bonchev–Trinajstić information content (AvgIpc) is 3.10. The number of hydrogen-bond donors (Lipinski definition) is 0. The van der Waals surface area contributed by atoms with Crippen molar-refractivity contribution in [2.24, 2.45) is 0 Å². The summed E-state index contributed by atoms with van der Waals surface area (Å²) in [7, 11) is -3.72. The van der Waals surface area contributed by atoms with Crippen LogP contribution in [-0.2, 0) is 14.8 Å². The van der Waals surface area contributed by atoms with Gasteiger partial charge in [-0.15, -0.1) is 0 Å². The summed E-state index contributed by atoms with van der Waals surface area (Å²) in [6.07, 6.45) is 2.98. The Bertz CT molecular complexity index is 1080. The molecule has 0 spiro atoms. The van der Waals surface area contributed by atoms with Crippen LogP contribution in [0.1, 0.15) is 31.2 Å². The number of rotatable bonds is 4. The van der Waals surface area contributed by atoms with Gasteiger partial charge in [0.1, 0.15) is 6.04 Å². The van der Waals surface area contributed by atoms with E-state index in [1.54, 1.807) is 42.5 Å². The number of sulfonamides is 1. The van der Waals surface area contributed by atoms with Crippen LogP contribution in [0.25, 0.3) is 0 Å². The largest absolute Gasteiger partial charge is 0.370 e. The maximum Gasteiger partial charge on any atom is 0.243 e. The van der Waals surface area contributed by atoms with Gasteiger partial charge in [-0.1, -0.05) is 24.6 Å². The van der Waals surface area contributed by atoms with Crippen molar-refractivity contribution in [3.05, 3.63) is 60.2 Å². The van der Waals surface area contributed by atoms with E-state index in [1.807, 2.05) is 17.0 Å². The highest BCUT2D eigenvalue weighted by atomic mass is 32.2. The van der Waals surface area contributed by atoms with Gasteiger partial charge in [0.15, 0.2) is 0 Å². The minimum Gasteiger partial charge on any atom is -0.370 e. The van der Waals surface area contributed by atoms with Crippen LogP contribution in [0.2, 0.25) is 0 Å². The Hall–Kier alpha value is -2.89. The normalized spacial score (nSPS) is 20.4. The minimum absolute atomic E-state index is 0.0918. The monoisotopic (exact) mass is 452 g/mol. The Morgan fingerprint density at radius 3 is 2.34 bits per heavy atom. The van der Waals surface area contributed by atoms with Gasteiger partial charge < -0.3 is 9.80 Å². The lowest BCUT2D eigenvalue weighted by Gasteiger charge is -2.36. The molecule has 2 aliphatic heterocycles. The van der Waals surface area contributed by atoms with Gasteiger partial charge in [0.05, 0.1) is 16.5 Å². The van der Waals surface area contributed by atoms with Gasteiger partial charge in [0.25, 0.3) is 0 Å². The molecule has 0 N–H and O–H groups in total. The standard InChI is InChI=1S/C24H28N4O3S/c25-19-20-10-12-21(13-11-20)26-14-6-15-27(18-17-26)24(29)23-9-4-5-16-28(23)32(30,31)22-7-2-1-3-8-22/h1-3,7-8,10-13,23H,4-6,9,14-18H2. The summed E-state index contributed by atoms with van der Waals surface area (Å²) in [5.74, 6) is -0.0918.